The van der Waals surface area contributed by atoms with E-state index in [1.165, 1.54) is 35.5 Å². The van der Waals surface area contributed by atoms with Gasteiger partial charge in [-0.1, -0.05) is 29.6 Å². The average molecular weight is 496 g/mol. The quantitative estimate of drug-likeness (QED) is 0.185. The second-order valence-corrected chi connectivity index (χ2v) is 6.46. The van der Waals surface area contributed by atoms with Crippen LogP contribution in [0.1, 0.15) is 0 Å². The van der Waals surface area contributed by atoms with Crippen molar-refractivity contribution < 1.29 is 79.0 Å². The number of nitro benzene ring substituents is 1. The number of rotatable bonds is 4. The number of carbonyl (C=O) groups is 1. The van der Waals surface area contributed by atoms with Crippen molar-refractivity contribution in [3.05, 3.63) is 51.9 Å². The average Bonchev–Trinajstić information content (AvgIpc) is 3.01. The number of carbonyl (C=O) groups excluding carboxylic acids is 1. The topological polar surface area (TPSA) is 143 Å². The van der Waals surface area contributed by atoms with E-state index in [4.69, 9.17) is 15.9 Å². The first-order valence-corrected chi connectivity index (χ1v) is 8.80. The predicted molar refractivity (Wildman–Crippen MR) is 108 cm³/mol. The van der Waals surface area contributed by atoms with Crippen molar-refractivity contribution >= 4 is 61.3 Å². The number of thiocarbonyl (C=S) groups is 1. The van der Waals surface area contributed by atoms with Crippen LogP contribution in [0.3, 0.4) is 0 Å². The van der Waals surface area contributed by atoms with Crippen molar-refractivity contribution in [2.75, 3.05) is 11.1 Å². The molecule has 1 heterocycles. The Kier molecular flexibility index (Phi) is 10.1. The van der Waals surface area contributed by atoms with Crippen molar-refractivity contribution in [3.8, 4) is 11.5 Å². The Morgan fingerprint density at radius 3 is 2.58 bits per heavy atom. The number of nitrogens with zero attached hydrogens (tertiary/aromatic N) is 3. The fourth-order valence-electron chi connectivity index (χ4n) is 2.20. The van der Waals surface area contributed by atoms with Gasteiger partial charge in [0.15, 0.2) is 5.13 Å². The summed E-state index contributed by atoms with van der Waals surface area (Å²) in [4.78, 5) is 25.7. The van der Waals surface area contributed by atoms with E-state index in [9.17, 15) is 28.1 Å². The smallest absolute Gasteiger partial charge is 0.753 e. The molecule has 2 aromatic carbocycles. The second kappa shape index (κ2) is 11.6. The molecule has 15 heteroatoms. The van der Waals surface area contributed by atoms with Gasteiger partial charge >= 0.3 is 69.2 Å². The number of benzene rings is 2. The molecule has 9 nitrogen and oxygen atoms in total. The van der Waals surface area contributed by atoms with Crippen LogP contribution in [0.2, 0.25) is 0 Å². The number of anilines is 2. The van der Waals surface area contributed by atoms with E-state index in [1.54, 1.807) is 5.32 Å². The van der Waals surface area contributed by atoms with Crippen LogP contribution < -0.4 is 67.2 Å². The monoisotopic (exact) mass is 495 g/mol. The molecule has 31 heavy (non-hydrogen) atoms. The van der Waals surface area contributed by atoms with Crippen molar-refractivity contribution in [2.45, 2.75) is 6.18 Å². The summed E-state index contributed by atoms with van der Waals surface area (Å²) in [5, 5.41) is 21.7. The zero-order valence-electron chi connectivity index (χ0n) is 15.5. The van der Waals surface area contributed by atoms with Gasteiger partial charge in [-0.15, -0.1) is 0 Å². The van der Waals surface area contributed by atoms with Crippen molar-refractivity contribution in [1.29, 1.82) is 0 Å². The number of nitrogen functional groups attached to an aromatic ring is 1. The number of isothiocyanates is 1. The Hall–Kier alpha value is -1.97. The van der Waals surface area contributed by atoms with Gasteiger partial charge in [-0.3, -0.25) is 14.9 Å². The molecule has 1 amide bonds. The molecule has 0 fully saturated rings. The maximum absolute atomic E-state index is 12.3. The summed E-state index contributed by atoms with van der Waals surface area (Å²) in [6.45, 7) is 0. The number of hydrogen-bond acceptors (Lipinski definition) is 8. The van der Waals surface area contributed by atoms with Crippen molar-refractivity contribution in [1.82, 2.24) is 4.98 Å². The number of hydrogen-bond donors (Lipinski definition) is 2. The van der Waals surface area contributed by atoms with E-state index in [-0.39, 0.29) is 84.1 Å². The molecular weight excluding hydrogens is 486 g/mol. The maximum Gasteiger partial charge on any atom is 1.00 e. The van der Waals surface area contributed by atoms with E-state index < -0.39 is 17.0 Å². The third kappa shape index (κ3) is 7.29. The maximum atomic E-state index is 12.3. The van der Waals surface area contributed by atoms with Crippen LogP contribution in [-0.2, 0) is 4.79 Å². The van der Waals surface area contributed by atoms with Gasteiger partial charge in [0.1, 0.15) is 10.4 Å². The van der Waals surface area contributed by atoms with Crippen LogP contribution in [0.4, 0.5) is 29.7 Å². The number of halogens is 3. The summed E-state index contributed by atoms with van der Waals surface area (Å²) in [5.41, 5.74) is 5.35. The number of ether oxygens (including phenoxy) is 1. The molecule has 0 aliphatic carbocycles. The molecule has 0 bridgehead atoms. The standard InChI is InChI=1S/C15H9F3N4O4S.CNS.K/c16-15(17,18)13(23)20-7-2-1-3-8(6-7)26-10-5-4-9-12(11(10)22(24)25)27-14(19)21-9;2-1-3;/h1-6H,(H2,19,21)(H,20,23);;/q;-1;+1. The van der Waals surface area contributed by atoms with Crippen LogP contribution in [0.5, 0.6) is 11.5 Å². The first-order chi connectivity index (χ1) is 14.1. The molecule has 3 aromatic rings. The molecule has 0 aliphatic rings. The van der Waals surface area contributed by atoms with Crippen LogP contribution in [0.15, 0.2) is 36.4 Å². The van der Waals surface area contributed by atoms with E-state index in [2.05, 4.69) is 17.2 Å². The first kappa shape index (κ1) is 27.1. The molecule has 156 valence electrons. The molecule has 0 saturated carbocycles. The summed E-state index contributed by atoms with van der Waals surface area (Å²) < 4.78 is 42.7. The number of thiazole rings is 1. The number of aromatic nitrogens is 1. The summed E-state index contributed by atoms with van der Waals surface area (Å²) in [7, 11) is 0. The number of nitro groups is 1. The molecule has 0 saturated heterocycles. The second-order valence-electron chi connectivity index (χ2n) is 5.24. The van der Waals surface area contributed by atoms with Crippen molar-refractivity contribution in [2.24, 2.45) is 0 Å². The largest absolute Gasteiger partial charge is 1.00 e. The van der Waals surface area contributed by atoms with E-state index >= 15 is 0 Å². The molecule has 0 spiro atoms. The zero-order chi connectivity index (χ0) is 22.5. The Morgan fingerprint density at radius 2 is 2.00 bits per heavy atom. The van der Waals surface area contributed by atoms with E-state index in [0.717, 1.165) is 17.4 Å². The summed E-state index contributed by atoms with van der Waals surface area (Å²) in [6, 6.07) is 7.81. The molecular formula is C16H9F3KN5O4S2. The minimum Gasteiger partial charge on any atom is -0.753 e. The minimum atomic E-state index is -5.05. The number of fused-ring (bicyclic) bond motifs is 1. The Bertz CT molecular complexity index is 1150. The molecule has 0 aliphatic heterocycles. The first-order valence-electron chi connectivity index (χ1n) is 7.57. The SMILES string of the molecule is Nc1nc2ccc(Oc3cccc(NC(=O)C(F)(F)F)c3)c([N+](=O)[O-])c2s1.[K+].[N-]=C=S. The Balaban J connectivity index is 0.00000113. The fraction of sp³-hybridized carbons (Fsp3) is 0.0625. The number of alkyl halides is 3. The summed E-state index contributed by atoms with van der Waals surface area (Å²) in [5.74, 6) is -2.29. The molecule has 3 rings (SSSR count). The van der Waals surface area contributed by atoms with Gasteiger partial charge in [0.25, 0.3) is 0 Å². The number of amides is 1. The molecule has 3 N–H and O–H groups in total. The van der Waals surface area contributed by atoms with Gasteiger partial charge in [-0.05, 0) is 24.3 Å². The molecule has 1 aromatic heterocycles. The van der Waals surface area contributed by atoms with Gasteiger partial charge in [0, 0.05) is 11.8 Å². The summed E-state index contributed by atoms with van der Waals surface area (Å²) in [6.07, 6.45) is -5.05. The Labute approximate surface area is 223 Å². The third-order valence-corrected chi connectivity index (χ3v) is 4.18. The fourth-order valence-corrected chi connectivity index (χ4v) is 3.04. The van der Waals surface area contributed by atoms with Crippen LogP contribution in [-0.4, -0.2) is 27.2 Å². The van der Waals surface area contributed by atoms with Crippen molar-refractivity contribution in [3.63, 3.8) is 0 Å². The number of nitrogens with one attached hydrogen (secondary N) is 1. The van der Waals surface area contributed by atoms with Gasteiger partial charge in [0.05, 0.1) is 10.4 Å². The zero-order valence-corrected chi connectivity index (χ0v) is 20.2. The van der Waals surface area contributed by atoms with Crippen LogP contribution >= 0.6 is 23.6 Å². The molecule has 0 atom stereocenters. The minimum absolute atomic E-state index is 0. The predicted octanol–water partition coefficient (Wildman–Crippen LogP) is 1.74. The van der Waals surface area contributed by atoms with Gasteiger partial charge in [-0.25, -0.2) is 4.98 Å². The van der Waals surface area contributed by atoms with E-state index in [1.807, 2.05) is 0 Å². The molecule has 0 radical (unpaired) electrons. The van der Waals surface area contributed by atoms with Crippen LogP contribution in [0.25, 0.3) is 15.6 Å². The third-order valence-electron chi connectivity index (χ3n) is 3.27. The van der Waals surface area contributed by atoms with Gasteiger partial charge in [0.2, 0.25) is 5.75 Å². The van der Waals surface area contributed by atoms with Gasteiger partial charge < -0.3 is 21.2 Å². The number of nitrogens with two attached hydrogens (primary N) is 1. The normalized spacial score (nSPS) is 10.2. The van der Waals surface area contributed by atoms with Crippen LogP contribution in [0, 0.1) is 10.1 Å². The van der Waals surface area contributed by atoms with Gasteiger partial charge in [-0.2, -0.15) is 18.3 Å². The summed E-state index contributed by atoms with van der Waals surface area (Å²) >= 11 is 4.61. The Morgan fingerprint density at radius 1 is 1.35 bits per heavy atom. The molecule has 0 unspecified atom stereocenters. The van der Waals surface area contributed by atoms with E-state index in [0.29, 0.717) is 5.52 Å².